The fourth-order valence-electron chi connectivity index (χ4n) is 3.33. The van der Waals surface area contributed by atoms with E-state index >= 15 is 0 Å². The van der Waals surface area contributed by atoms with Crippen molar-refractivity contribution in [3.63, 3.8) is 0 Å². The Morgan fingerprint density at radius 1 is 0.917 bits per heavy atom. The molecule has 0 bridgehead atoms. The number of para-hydroxylation sites is 1. The molecule has 0 saturated carbocycles. The van der Waals surface area contributed by atoms with Gasteiger partial charge in [-0.3, -0.25) is 0 Å². The van der Waals surface area contributed by atoms with Crippen LogP contribution in [0.4, 0.5) is 5.69 Å². The van der Waals surface area contributed by atoms with Crippen molar-refractivity contribution in [1.82, 2.24) is 0 Å². The SMILES string of the molecule is C=CC(C)(CCC)Nc1ccccc1-c1cccc2ccccc12. The highest BCUT2D eigenvalue weighted by Gasteiger charge is 2.20. The van der Waals surface area contributed by atoms with Gasteiger partial charge in [0.2, 0.25) is 0 Å². The van der Waals surface area contributed by atoms with Gasteiger partial charge in [-0.05, 0) is 35.7 Å². The van der Waals surface area contributed by atoms with Gasteiger partial charge in [-0.1, -0.05) is 80.1 Å². The minimum absolute atomic E-state index is 0.102. The van der Waals surface area contributed by atoms with Gasteiger partial charge < -0.3 is 5.32 Å². The molecule has 1 unspecified atom stereocenters. The minimum Gasteiger partial charge on any atom is -0.376 e. The fourth-order valence-corrected chi connectivity index (χ4v) is 3.33. The maximum atomic E-state index is 4.04. The number of fused-ring (bicyclic) bond motifs is 1. The van der Waals surface area contributed by atoms with E-state index in [1.165, 1.54) is 21.9 Å². The number of hydrogen-bond donors (Lipinski definition) is 1. The van der Waals surface area contributed by atoms with Crippen LogP contribution in [0.2, 0.25) is 0 Å². The summed E-state index contributed by atoms with van der Waals surface area (Å²) in [6, 6.07) is 23.6. The zero-order valence-electron chi connectivity index (χ0n) is 14.5. The van der Waals surface area contributed by atoms with Crippen LogP contribution in [0.25, 0.3) is 21.9 Å². The van der Waals surface area contributed by atoms with Gasteiger partial charge in [0.05, 0.1) is 5.54 Å². The van der Waals surface area contributed by atoms with Crippen molar-refractivity contribution in [3.05, 3.63) is 79.4 Å². The summed E-state index contributed by atoms with van der Waals surface area (Å²) in [4.78, 5) is 0. The van der Waals surface area contributed by atoms with E-state index in [2.05, 4.69) is 92.5 Å². The van der Waals surface area contributed by atoms with E-state index in [4.69, 9.17) is 0 Å². The first kappa shape index (κ1) is 16.3. The highest BCUT2D eigenvalue weighted by molar-refractivity contribution is 5.99. The van der Waals surface area contributed by atoms with Crippen molar-refractivity contribution >= 4 is 16.5 Å². The average molecular weight is 315 g/mol. The van der Waals surface area contributed by atoms with Gasteiger partial charge in [-0.15, -0.1) is 6.58 Å². The number of benzene rings is 3. The summed E-state index contributed by atoms with van der Waals surface area (Å²) in [7, 11) is 0. The van der Waals surface area contributed by atoms with Crippen molar-refractivity contribution in [3.8, 4) is 11.1 Å². The molecule has 3 aromatic carbocycles. The van der Waals surface area contributed by atoms with Crippen LogP contribution >= 0.6 is 0 Å². The summed E-state index contributed by atoms with van der Waals surface area (Å²) < 4.78 is 0. The van der Waals surface area contributed by atoms with Gasteiger partial charge in [-0.2, -0.15) is 0 Å². The van der Waals surface area contributed by atoms with E-state index in [0.29, 0.717) is 0 Å². The van der Waals surface area contributed by atoms with Crippen LogP contribution in [-0.4, -0.2) is 5.54 Å². The lowest BCUT2D eigenvalue weighted by molar-refractivity contribution is 0.568. The van der Waals surface area contributed by atoms with E-state index in [0.717, 1.165) is 18.5 Å². The van der Waals surface area contributed by atoms with E-state index in [1.54, 1.807) is 0 Å². The van der Waals surface area contributed by atoms with Gasteiger partial charge in [0.15, 0.2) is 0 Å². The molecule has 0 radical (unpaired) electrons. The average Bonchev–Trinajstić information content (AvgIpc) is 2.62. The van der Waals surface area contributed by atoms with Gasteiger partial charge >= 0.3 is 0 Å². The maximum absolute atomic E-state index is 4.04. The number of hydrogen-bond acceptors (Lipinski definition) is 1. The van der Waals surface area contributed by atoms with Crippen molar-refractivity contribution in [1.29, 1.82) is 0 Å². The summed E-state index contributed by atoms with van der Waals surface area (Å²) >= 11 is 0. The topological polar surface area (TPSA) is 12.0 Å². The van der Waals surface area contributed by atoms with E-state index in [1.807, 2.05) is 6.08 Å². The molecule has 3 aromatic rings. The van der Waals surface area contributed by atoms with Gasteiger partial charge in [0, 0.05) is 11.3 Å². The monoisotopic (exact) mass is 315 g/mol. The maximum Gasteiger partial charge on any atom is 0.0525 e. The second-order valence-corrected chi connectivity index (χ2v) is 6.57. The lowest BCUT2D eigenvalue weighted by Gasteiger charge is -2.29. The fraction of sp³-hybridized carbons (Fsp3) is 0.217. The van der Waals surface area contributed by atoms with Crippen molar-refractivity contribution in [2.75, 3.05) is 5.32 Å². The summed E-state index contributed by atoms with van der Waals surface area (Å²) in [6.45, 7) is 8.46. The van der Waals surface area contributed by atoms with Crippen molar-refractivity contribution in [2.45, 2.75) is 32.2 Å². The Morgan fingerprint density at radius 2 is 1.58 bits per heavy atom. The quantitative estimate of drug-likeness (QED) is 0.501. The number of nitrogens with one attached hydrogen (secondary N) is 1. The van der Waals surface area contributed by atoms with Crippen molar-refractivity contribution in [2.24, 2.45) is 0 Å². The second kappa shape index (κ2) is 6.92. The zero-order chi connectivity index (χ0) is 17.0. The molecule has 0 aromatic heterocycles. The first-order valence-electron chi connectivity index (χ1n) is 8.66. The normalized spacial score (nSPS) is 13.4. The molecule has 1 atom stereocenters. The Balaban J connectivity index is 2.11. The molecule has 0 aliphatic heterocycles. The Bertz CT molecular complexity index is 844. The molecular formula is C23H25N. The molecule has 24 heavy (non-hydrogen) atoms. The highest BCUT2D eigenvalue weighted by atomic mass is 15.0. The first-order valence-corrected chi connectivity index (χ1v) is 8.66. The molecule has 1 heteroatoms. The molecular weight excluding hydrogens is 290 g/mol. The van der Waals surface area contributed by atoms with Gasteiger partial charge in [0.1, 0.15) is 0 Å². The van der Waals surface area contributed by atoms with E-state index in [9.17, 15) is 0 Å². The Hall–Kier alpha value is -2.54. The molecule has 0 spiro atoms. The Kier molecular flexibility index (Phi) is 4.71. The first-order chi connectivity index (χ1) is 11.7. The Labute approximate surface area is 145 Å². The number of rotatable bonds is 6. The standard InChI is InChI=1S/C23H25N/c1-4-17-23(3,5-2)24-22-16-9-8-14-21(22)20-15-10-12-18-11-6-7-13-19(18)20/h5-16,24H,2,4,17H2,1,3H3. The van der Waals surface area contributed by atoms with Crippen LogP contribution < -0.4 is 5.32 Å². The third-order valence-corrected chi connectivity index (χ3v) is 4.65. The molecule has 1 nitrogen and oxygen atoms in total. The summed E-state index contributed by atoms with van der Waals surface area (Å²) in [5.41, 5.74) is 3.55. The minimum atomic E-state index is -0.102. The molecule has 0 fully saturated rings. The van der Waals surface area contributed by atoms with Crippen LogP contribution in [0.1, 0.15) is 26.7 Å². The largest absolute Gasteiger partial charge is 0.376 e. The predicted molar refractivity (Wildman–Crippen MR) is 107 cm³/mol. The third-order valence-electron chi connectivity index (χ3n) is 4.65. The molecule has 0 heterocycles. The van der Waals surface area contributed by atoms with Crippen LogP contribution in [0.3, 0.4) is 0 Å². The lowest BCUT2D eigenvalue weighted by Crippen LogP contribution is -2.32. The molecule has 0 saturated heterocycles. The summed E-state index contributed by atoms with van der Waals surface area (Å²) in [5, 5.41) is 6.27. The highest BCUT2D eigenvalue weighted by Crippen LogP contribution is 2.35. The van der Waals surface area contributed by atoms with E-state index < -0.39 is 0 Å². The molecule has 0 aliphatic carbocycles. The molecule has 3 rings (SSSR count). The zero-order valence-corrected chi connectivity index (χ0v) is 14.5. The Morgan fingerprint density at radius 3 is 2.38 bits per heavy atom. The van der Waals surface area contributed by atoms with Crippen LogP contribution in [0.5, 0.6) is 0 Å². The van der Waals surface area contributed by atoms with E-state index in [-0.39, 0.29) is 5.54 Å². The second-order valence-electron chi connectivity index (χ2n) is 6.57. The predicted octanol–water partition coefficient (Wildman–Crippen LogP) is 6.66. The van der Waals surface area contributed by atoms with Crippen LogP contribution in [0, 0.1) is 0 Å². The van der Waals surface area contributed by atoms with Crippen LogP contribution in [-0.2, 0) is 0 Å². The smallest absolute Gasteiger partial charge is 0.0525 e. The molecule has 122 valence electrons. The number of anilines is 1. The molecule has 0 aliphatic rings. The lowest BCUT2D eigenvalue weighted by atomic mass is 9.93. The van der Waals surface area contributed by atoms with Gasteiger partial charge in [0.25, 0.3) is 0 Å². The van der Waals surface area contributed by atoms with Crippen LogP contribution in [0.15, 0.2) is 79.4 Å². The summed E-state index contributed by atoms with van der Waals surface area (Å²) in [5.74, 6) is 0. The molecule has 1 N–H and O–H groups in total. The third kappa shape index (κ3) is 3.21. The van der Waals surface area contributed by atoms with Crippen molar-refractivity contribution < 1.29 is 0 Å². The van der Waals surface area contributed by atoms with Gasteiger partial charge in [-0.25, -0.2) is 0 Å². The molecule has 0 amide bonds. The summed E-state index contributed by atoms with van der Waals surface area (Å²) in [6.07, 6.45) is 4.20.